The van der Waals surface area contributed by atoms with Crippen LogP contribution in [0.3, 0.4) is 0 Å². The molecule has 0 spiro atoms. The van der Waals surface area contributed by atoms with Crippen molar-refractivity contribution in [2.75, 3.05) is 11.9 Å². The fraction of sp³-hybridized carbons (Fsp3) is 0.250. The summed E-state index contributed by atoms with van der Waals surface area (Å²) in [6, 6.07) is 13.2. The minimum atomic E-state index is -1.03. The molecule has 0 aromatic heterocycles. The van der Waals surface area contributed by atoms with Gasteiger partial charge in [-0.2, -0.15) is 0 Å². The number of hydrogen-bond acceptors (Lipinski definition) is 3. The van der Waals surface area contributed by atoms with Gasteiger partial charge >= 0.3 is 5.97 Å². The summed E-state index contributed by atoms with van der Waals surface area (Å²) < 4.78 is 0. The van der Waals surface area contributed by atoms with E-state index in [9.17, 15) is 14.4 Å². The van der Waals surface area contributed by atoms with Crippen LogP contribution >= 0.6 is 0 Å². The van der Waals surface area contributed by atoms with Crippen LogP contribution in [0.5, 0.6) is 0 Å². The molecule has 1 fully saturated rings. The lowest BCUT2D eigenvalue weighted by molar-refractivity contribution is -0.133. The number of nitrogens with one attached hydrogen (secondary N) is 1. The summed E-state index contributed by atoms with van der Waals surface area (Å²) in [5.74, 6) is -1.17. The molecule has 134 valence electrons. The highest BCUT2D eigenvalue weighted by Gasteiger charge is 2.18. The van der Waals surface area contributed by atoms with Gasteiger partial charge in [0.2, 0.25) is 5.91 Å². The highest BCUT2D eigenvalue weighted by atomic mass is 16.4. The topological polar surface area (TPSA) is 86.7 Å². The molecule has 0 bridgehead atoms. The number of carboxylic acids is 1. The molecule has 2 aromatic carbocycles. The second-order valence-electron chi connectivity index (χ2n) is 6.31. The molecule has 1 aliphatic rings. The molecule has 0 unspecified atom stereocenters. The fourth-order valence-corrected chi connectivity index (χ4v) is 2.96. The number of amides is 2. The first-order chi connectivity index (χ1) is 12.5. The molecule has 2 amide bonds. The first kappa shape index (κ1) is 17.7. The number of piperidine rings is 1. The summed E-state index contributed by atoms with van der Waals surface area (Å²) in [4.78, 5) is 37.0. The molecular formula is C20H20N2O4. The van der Waals surface area contributed by atoms with Crippen molar-refractivity contribution in [1.29, 1.82) is 0 Å². The monoisotopic (exact) mass is 352 g/mol. The van der Waals surface area contributed by atoms with Gasteiger partial charge in [-0.05, 0) is 54.8 Å². The fourth-order valence-electron chi connectivity index (χ4n) is 2.96. The van der Waals surface area contributed by atoms with E-state index in [0.29, 0.717) is 24.2 Å². The van der Waals surface area contributed by atoms with Gasteiger partial charge in [-0.3, -0.25) is 9.59 Å². The number of aromatic carboxylic acids is 1. The molecule has 0 radical (unpaired) electrons. The molecule has 6 heteroatoms. The van der Waals surface area contributed by atoms with E-state index in [-0.39, 0.29) is 17.4 Å². The normalized spacial score (nSPS) is 14.2. The number of anilines is 1. The molecule has 1 heterocycles. The van der Waals surface area contributed by atoms with E-state index in [4.69, 9.17) is 5.11 Å². The number of carbonyl (C=O) groups is 3. The van der Waals surface area contributed by atoms with Gasteiger partial charge in [-0.25, -0.2) is 4.79 Å². The molecule has 26 heavy (non-hydrogen) atoms. The lowest BCUT2D eigenvalue weighted by Crippen LogP contribution is -2.34. The zero-order valence-electron chi connectivity index (χ0n) is 14.3. The molecule has 0 aliphatic carbocycles. The Balaban J connectivity index is 1.67. The van der Waals surface area contributed by atoms with Gasteiger partial charge in [0.25, 0.3) is 5.91 Å². The molecular weight excluding hydrogens is 332 g/mol. The standard InChI is InChI=1S/C20H20N2O4/c23-18-6-1-2-11-22(18)13-14-4-3-5-17(12-14)21-19(24)15-7-9-16(10-8-15)20(25)26/h3-5,7-10,12H,1-2,6,11,13H2,(H,21,24)(H,25,26). The maximum atomic E-state index is 12.3. The minimum absolute atomic E-state index is 0.134. The van der Waals surface area contributed by atoms with Gasteiger partial charge in [0, 0.05) is 30.8 Å². The van der Waals surface area contributed by atoms with Crippen LogP contribution in [-0.4, -0.2) is 34.3 Å². The van der Waals surface area contributed by atoms with Crippen molar-refractivity contribution in [2.45, 2.75) is 25.8 Å². The van der Waals surface area contributed by atoms with Crippen molar-refractivity contribution in [3.63, 3.8) is 0 Å². The number of benzene rings is 2. The van der Waals surface area contributed by atoms with Crippen molar-refractivity contribution in [3.05, 3.63) is 65.2 Å². The van der Waals surface area contributed by atoms with E-state index in [1.165, 1.54) is 24.3 Å². The van der Waals surface area contributed by atoms with Crippen LogP contribution in [0.15, 0.2) is 48.5 Å². The van der Waals surface area contributed by atoms with E-state index >= 15 is 0 Å². The largest absolute Gasteiger partial charge is 0.478 e. The molecule has 1 saturated heterocycles. The zero-order chi connectivity index (χ0) is 18.5. The second-order valence-corrected chi connectivity index (χ2v) is 6.31. The van der Waals surface area contributed by atoms with Crippen LogP contribution in [0.1, 0.15) is 45.5 Å². The number of carbonyl (C=O) groups excluding carboxylic acids is 2. The SMILES string of the molecule is O=C(O)c1ccc(C(=O)Nc2cccc(CN3CCCCC3=O)c2)cc1. The van der Waals surface area contributed by atoms with E-state index in [0.717, 1.165) is 24.9 Å². The maximum absolute atomic E-state index is 12.3. The third-order valence-electron chi connectivity index (χ3n) is 4.37. The molecule has 6 nitrogen and oxygen atoms in total. The first-order valence-corrected chi connectivity index (χ1v) is 8.54. The van der Waals surface area contributed by atoms with Crippen LogP contribution < -0.4 is 5.32 Å². The predicted octanol–water partition coefficient (Wildman–Crippen LogP) is 3.15. The van der Waals surface area contributed by atoms with E-state index in [2.05, 4.69) is 5.32 Å². The molecule has 0 saturated carbocycles. The van der Waals surface area contributed by atoms with Crippen LogP contribution in [0.4, 0.5) is 5.69 Å². The number of likely N-dealkylation sites (tertiary alicyclic amines) is 1. The zero-order valence-corrected chi connectivity index (χ0v) is 14.3. The van der Waals surface area contributed by atoms with E-state index in [1.54, 1.807) is 6.07 Å². The Labute approximate surface area is 151 Å². The van der Waals surface area contributed by atoms with Gasteiger partial charge in [-0.1, -0.05) is 12.1 Å². The average Bonchev–Trinajstić information content (AvgIpc) is 2.64. The van der Waals surface area contributed by atoms with Crippen molar-refractivity contribution >= 4 is 23.5 Å². The Kier molecular flexibility index (Phi) is 5.31. The summed E-state index contributed by atoms with van der Waals surface area (Å²) in [7, 11) is 0. The Morgan fingerprint density at radius 3 is 2.46 bits per heavy atom. The smallest absolute Gasteiger partial charge is 0.335 e. The Hall–Kier alpha value is -3.15. The van der Waals surface area contributed by atoms with Gasteiger partial charge < -0.3 is 15.3 Å². The number of nitrogens with zero attached hydrogens (tertiary/aromatic N) is 1. The van der Waals surface area contributed by atoms with Crippen molar-refractivity contribution in [1.82, 2.24) is 4.90 Å². The maximum Gasteiger partial charge on any atom is 0.335 e. The summed E-state index contributed by atoms with van der Waals surface area (Å²) in [5, 5.41) is 11.7. The predicted molar refractivity (Wildman–Crippen MR) is 97.1 cm³/mol. The Bertz CT molecular complexity index is 830. The van der Waals surface area contributed by atoms with Crippen molar-refractivity contribution < 1.29 is 19.5 Å². The molecule has 2 N–H and O–H groups in total. The third-order valence-corrected chi connectivity index (χ3v) is 4.37. The average molecular weight is 352 g/mol. The summed E-state index contributed by atoms with van der Waals surface area (Å²) in [6.07, 6.45) is 2.57. The third kappa shape index (κ3) is 4.27. The van der Waals surface area contributed by atoms with Gasteiger partial charge in [0.15, 0.2) is 0 Å². The summed E-state index contributed by atoms with van der Waals surface area (Å²) in [6.45, 7) is 1.31. The van der Waals surface area contributed by atoms with Gasteiger partial charge in [-0.15, -0.1) is 0 Å². The van der Waals surface area contributed by atoms with Crippen LogP contribution in [0.2, 0.25) is 0 Å². The quantitative estimate of drug-likeness (QED) is 0.865. The van der Waals surface area contributed by atoms with Crippen molar-refractivity contribution in [3.8, 4) is 0 Å². The van der Waals surface area contributed by atoms with Gasteiger partial charge in [0.05, 0.1) is 5.56 Å². The Morgan fingerprint density at radius 1 is 1.04 bits per heavy atom. The molecule has 1 aliphatic heterocycles. The highest BCUT2D eigenvalue weighted by molar-refractivity contribution is 6.04. The van der Waals surface area contributed by atoms with Crippen molar-refractivity contribution in [2.24, 2.45) is 0 Å². The van der Waals surface area contributed by atoms with Crippen LogP contribution in [0.25, 0.3) is 0 Å². The van der Waals surface area contributed by atoms with E-state index in [1.807, 2.05) is 23.1 Å². The molecule has 0 atom stereocenters. The summed E-state index contributed by atoms with van der Waals surface area (Å²) in [5.41, 5.74) is 2.11. The first-order valence-electron chi connectivity index (χ1n) is 8.54. The number of hydrogen-bond donors (Lipinski definition) is 2. The van der Waals surface area contributed by atoms with Crippen LogP contribution in [0, 0.1) is 0 Å². The number of carboxylic acid groups (broad SMARTS) is 1. The lowest BCUT2D eigenvalue weighted by atomic mass is 10.1. The van der Waals surface area contributed by atoms with E-state index < -0.39 is 5.97 Å². The summed E-state index contributed by atoms with van der Waals surface area (Å²) >= 11 is 0. The second kappa shape index (κ2) is 7.82. The number of rotatable bonds is 5. The minimum Gasteiger partial charge on any atom is -0.478 e. The highest BCUT2D eigenvalue weighted by Crippen LogP contribution is 2.18. The molecule has 2 aromatic rings. The lowest BCUT2D eigenvalue weighted by Gasteiger charge is -2.26. The van der Waals surface area contributed by atoms with Crippen LogP contribution in [-0.2, 0) is 11.3 Å². The van der Waals surface area contributed by atoms with Gasteiger partial charge in [0.1, 0.15) is 0 Å². The Morgan fingerprint density at radius 2 is 1.77 bits per heavy atom. The molecule has 3 rings (SSSR count).